The molecule has 6 rings (SSSR count). The van der Waals surface area contributed by atoms with Crippen LogP contribution in [0.3, 0.4) is 0 Å². The topological polar surface area (TPSA) is 107 Å². The molecule has 1 aliphatic carbocycles. The minimum Gasteiger partial charge on any atom is -0.508 e. The number of benzene rings is 3. The van der Waals surface area contributed by atoms with Gasteiger partial charge in [0.15, 0.2) is 0 Å². The highest BCUT2D eigenvalue weighted by Gasteiger charge is 2.48. The molecule has 1 fully saturated rings. The zero-order valence-corrected chi connectivity index (χ0v) is 18.9. The summed E-state index contributed by atoms with van der Waals surface area (Å²) >= 11 is 0. The fourth-order valence-corrected chi connectivity index (χ4v) is 5.11. The smallest absolute Gasteiger partial charge is 0.302 e. The number of nitrogens with zero attached hydrogens (tertiary/aromatic N) is 2. The predicted octanol–water partition coefficient (Wildman–Crippen LogP) is 4.77. The van der Waals surface area contributed by atoms with Gasteiger partial charge in [-0.15, -0.1) is 0 Å². The van der Waals surface area contributed by atoms with Gasteiger partial charge in [0.1, 0.15) is 11.5 Å². The summed E-state index contributed by atoms with van der Waals surface area (Å²) in [5.41, 5.74) is 4.88. The highest BCUT2D eigenvalue weighted by Crippen LogP contribution is 2.42. The summed E-state index contributed by atoms with van der Waals surface area (Å²) in [7, 11) is 0. The SMILES string of the molecule is O=C1C(=O)N(c2nc3ccccc3[nH]2)C(c2ccc(O)cc2)/C1=C(\O)c1ccc2c(c1)CCCC2. The molecule has 4 aromatic rings. The number of aliphatic hydroxyl groups is 1. The van der Waals surface area contributed by atoms with E-state index in [0.29, 0.717) is 16.6 Å². The molecular weight excluding hydrogens is 442 g/mol. The molecular formula is C28H23N3O4. The van der Waals surface area contributed by atoms with Crippen LogP contribution in [0.1, 0.15) is 41.1 Å². The van der Waals surface area contributed by atoms with Crippen LogP contribution >= 0.6 is 0 Å². The molecule has 1 unspecified atom stereocenters. The maximum atomic E-state index is 13.4. The number of para-hydroxylation sites is 2. The van der Waals surface area contributed by atoms with Crippen molar-refractivity contribution in [2.75, 3.05) is 4.90 Å². The predicted molar refractivity (Wildman–Crippen MR) is 132 cm³/mol. The molecule has 7 heteroatoms. The van der Waals surface area contributed by atoms with Crippen molar-refractivity contribution in [2.45, 2.75) is 31.7 Å². The fraction of sp³-hybridized carbons (Fsp3) is 0.179. The van der Waals surface area contributed by atoms with Crippen molar-refractivity contribution in [3.8, 4) is 5.75 Å². The monoisotopic (exact) mass is 465 g/mol. The number of imidazole rings is 1. The van der Waals surface area contributed by atoms with Crippen molar-refractivity contribution in [3.05, 3.63) is 94.6 Å². The van der Waals surface area contributed by atoms with E-state index in [9.17, 15) is 19.8 Å². The van der Waals surface area contributed by atoms with Crippen LogP contribution in [0.4, 0.5) is 5.95 Å². The number of phenols is 1. The molecule has 2 aliphatic rings. The van der Waals surface area contributed by atoms with Crippen LogP contribution in [-0.4, -0.2) is 31.9 Å². The molecule has 1 amide bonds. The number of hydrogen-bond donors (Lipinski definition) is 3. The fourth-order valence-electron chi connectivity index (χ4n) is 5.11. The molecule has 3 N–H and O–H groups in total. The lowest BCUT2D eigenvalue weighted by molar-refractivity contribution is -0.132. The Morgan fingerprint density at radius 1 is 0.943 bits per heavy atom. The number of nitrogens with one attached hydrogen (secondary N) is 1. The number of aromatic nitrogens is 2. The van der Waals surface area contributed by atoms with Crippen LogP contribution in [0.15, 0.2) is 72.3 Å². The number of amides is 1. The number of hydrogen-bond acceptors (Lipinski definition) is 5. The van der Waals surface area contributed by atoms with Gasteiger partial charge in [-0.25, -0.2) is 4.98 Å². The molecule has 0 spiro atoms. The van der Waals surface area contributed by atoms with E-state index in [2.05, 4.69) is 9.97 Å². The summed E-state index contributed by atoms with van der Waals surface area (Å²) < 4.78 is 0. The second-order valence-electron chi connectivity index (χ2n) is 9.03. The number of aryl methyl sites for hydroxylation is 2. The Hall–Kier alpha value is -4.39. The molecule has 174 valence electrons. The first kappa shape index (κ1) is 21.2. The number of phenolic OH excluding ortho intramolecular Hbond substituents is 1. The van der Waals surface area contributed by atoms with Crippen LogP contribution in [0.2, 0.25) is 0 Å². The van der Waals surface area contributed by atoms with Gasteiger partial charge in [0.25, 0.3) is 5.78 Å². The zero-order valence-electron chi connectivity index (χ0n) is 18.9. The van der Waals surface area contributed by atoms with E-state index in [-0.39, 0.29) is 23.0 Å². The van der Waals surface area contributed by atoms with Gasteiger partial charge in [0.2, 0.25) is 5.95 Å². The zero-order chi connectivity index (χ0) is 24.1. The number of H-pyrrole nitrogens is 1. The molecule has 1 aromatic heterocycles. The van der Waals surface area contributed by atoms with Crippen LogP contribution in [0.5, 0.6) is 5.75 Å². The lowest BCUT2D eigenvalue weighted by atomic mass is 9.89. The van der Waals surface area contributed by atoms with Crippen molar-refractivity contribution >= 4 is 34.4 Å². The van der Waals surface area contributed by atoms with Crippen molar-refractivity contribution < 1.29 is 19.8 Å². The van der Waals surface area contributed by atoms with E-state index < -0.39 is 17.7 Å². The number of carbonyl (C=O) groups excluding carboxylic acids is 2. The molecule has 2 heterocycles. The average Bonchev–Trinajstić information content (AvgIpc) is 3.42. The summed E-state index contributed by atoms with van der Waals surface area (Å²) in [5.74, 6) is -1.49. The van der Waals surface area contributed by atoms with Gasteiger partial charge >= 0.3 is 5.91 Å². The molecule has 0 saturated carbocycles. The molecule has 0 radical (unpaired) electrons. The molecule has 7 nitrogen and oxygen atoms in total. The van der Waals surface area contributed by atoms with E-state index in [1.54, 1.807) is 12.1 Å². The largest absolute Gasteiger partial charge is 0.508 e. The van der Waals surface area contributed by atoms with Gasteiger partial charge in [-0.2, -0.15) is 0 Å². The van der Waals surface area contributed by atoms with Gasteiger partial charge in [0.05, 0.1) is 22.6 Å². The van der Waals surface area contributed by atoms with E-state index >= 15 is 0 Å². The van der Waals surface area contributed by atoms with Gasteiger partial charge < -0.3 is 15.2 Å². The summed E-state index contributed by atoms with van der Waals surface area (Å²) in [4.78, 5) is 35.7. The number of fused-ring (bicyclic) bond motifs is 2. The van der Waals surface area contributed by atoms with Crippen molar-refractivity contribution in [2.24, 2.45) is 0 Å². The minimum absolute atomic E-state index is 0.00287. The molecule has 1 aliphatic heterocycles. The molecule has 1 saturated heterocycles. The van der Waals surface area contributed by atoms with Crippen molar-refractivity contribution in [1.29, 1.82) is 0 Å². The van der Waals surface area contributed by atoms with Crippen molar-refractivity contribution in [3.63, 3.8) is 0 Å². The lowest BCUT2D eigenvalue weighted by Gasteiger charge is -2.23. The van der Waals surface area contributed by atoms with Crippen LogP contribution in [0, 0.1) is 0 Å². The first-order chi connectivity index (χ1) is 17.0. The number of aliphatic hydroxyl groups excluding tert-OH is 1. The van der Waals surface area contributed by atoms with Gasteiger partial charge in [-0.05, 0) is 72.7 Å². The van der Waals surface area contributed by atoms with Crippen molar-refractivity contribution in [1.82, 2.24) is 9.97 Å². The highest BCUT2D eigenvalue weighted by molar-refractivity contribution is 6.51. The second-order valence-corrected chi connectivity index (χ2v) is 9.03. The summed E-state index contributed by atoms with van der Waals surface area (Å²) in [6.45, 7) is 0. The Labute approximate surface area is 201 Å². The molecule has 35 heavy (non-hydrogen) atoms. The van der Waals surface area contributed by atoms with Crippen LogP contribution in [0.25, 0.3) is 16.8 Å². The first-order valence-electron chi connectivity index (χ1n) is 11.7. The number of anilines is 1. The van der Waals surface area contributed by atoms with E-state index in [1.807, 2.05) is 42.5 Å². The number of ketones is 1. The number of aromatic amines is 1. The maximum Gasteiger partial charge on any atom is 0.302 e. The standard InChI is InChI=1S/C28H23N3O4/c32-20-13-11-17(12-14-20)24-23(25(33)19-10-9-16-5-1-2-6-18(16)15-19)26(34)27(35)31(24)28-29-21-7-3-4-8-22(21)30-28/h3-4,7-15,24,32-33H,1-2,5-6H2,(H,29,30)/b25-23+. The Kier molecular flexibility index (Phi) is 4.91. The van der Waals surface area contributed by atoms with E-state index in [0.717, 1.165) is 36.8 Å². The third-order valence-electron chi connectivity index (χ3n) is 6.88. The van der Waals surface area contributed by atoms with E-state index in [1.165, 1.54) is 22.6 Å². The molecule has 3 aromatic carbocycles. The highest BCUT2D eigenvalue weighted by atomic mass is 16.3. The Bertz CT molecular complexity index is 1480. The number of carbonyl (C=O) groups is 2. The quantitative estimate of drug-likeness (QED) is 0.229. The summed E-state index contributed by atoms with van der Waals surface area (Å²) in [6, 6.07) is 18.4. The van der Waals surface area contributed by atoms with Gasteiger partial charge in [-0.3, -0.25) is 14.5 Å². The number of aromatic hydroxyl groups is 1. The van der Waals surface area contributed by atoms with Gasteiger partial charge in [0, 0.05) is 5.56 Å². The molecule has 0 bridgehead atoms. The summed E-state index contributed by atoms with van der Waals surface area (Å²) in [5, 5.41) is 21.2. The normalized spacial score (nSPS) is 19.3. The first-order valence-corrected chi connectivity index (χ1v) is 11.7. The minimum atomic E-state index is -0.910. The van der Waals surface area contributed by atoms with Gasteiger partial charge in [-0.1, -0.05) is 36.4 Å². The summed E-state index contributed by atoms with van der Waals surface area (Å²) in [6.07, 6.45) is 4.15. The Balaban J connectivity index is 1.54. The molecule has 1 atom stereocenters. The third-order valence-corrected chi connectivity index (χ3v) is 6.88. The van der Waals surface area contributed by atoms with Crippen LogP contribution in [-0.2, 0) is 22.4 Å². The number of Topliss-reactive ketones (excluding diaryl/α,β-unsaturated/α-hetero) is 1. The second kappa shape index (κ2) is 8.13. The average molecular weight is 466 g/mol. The Morgan fingerprint density at radius 3 is 2.46 bits per heavy atom. The third kappa shape index (κ3) is 3.47. The lowest BCUT2D eigenvalue weighted by Crippen LogP contribution is -2.30. The van der Waals surface area contributed by atoms with E-state index in [4.69, 9.17) is 0 Å². The number of rotatable bonds is 3. The maximum absolute atomic E-state index is 13.4. The Morgan fingerprint density at radius 2 is 1.69 bits per heavy atom. The van der Waals surface area contributed by atoms with Crippen LogP contribution < -0.4 is 4.90 Å².